The minimum Gasteiger partial charge on any atom is -0.479 e. The van der Waals surface area contributed by atoms with Crippen molar-refractivity contribution in [1.29, 1.82) is 0 Å². The fraction of sp³-hybridized carbons (Fsp3) is 0.893. The molecule has 0 aromatic rings. The molecule has 0 aliphatic carbocycles. The van der Waals surface area contributed by atoms with Gasteiger partial charge in [-0.15, -0.1) is 0 Å². The van der Waals surface area contributed by atoms with E-state index in [1.807, 2.05) is 6.92 Å². The van der Waals surface area contributed by atoms with Gasteiger partial charge in [-0.3, -0.25) is 9.59 Å². The van der Waals surface area contributed by atoms with Crippen molar-refractivity contribution in [3.63, 3.8) is 0 Å². The zero-order valence-corrected chi connectivity index (χ0v) is 22.3. The van der Waals surface area contributed by atoms with Crippen LogP contribution in [0.1, 0.15) is 129 Å². The zero-order valence-electron chi connectivity index (χ0n) is 22.3. The Hall–Kier alpha value is -1.63. The summed E-state index contributed by atoms with van der Waals surface area (Å²) in [5.74, 6) is -2.50. The fourth-order valence-corrected chi connectivity index (χ4v) is 5.09. The van der Waals surface area contributed by atoms with Crippen molar-refractivity contribution < 1.29 is 29.0 Å². The van der Waals surface area contributed by atoms with E-state index in [1.54, 1.807) is 0 Å². The molecule has 204 valence electrons. The van der Waals surface area contributed by atoms with Gasteiger partial charge in [0.25, 0.3) is 0 Å². The van der Waals surface area contributed by atoms with E-state index in [2.05, 4.69) is 6.92 Å². The third-order valence-electron chi connectivity index (χ3n) is 7.25. The molecule has 7 heteroatoms. The SMILES string of the molecule is CCCCCCCCCCCCCCCCC[C@@H](C[C@@H]1OC(=O)[C@H]1CC)C(OCC(N)=O)C(=O)O. The standard InChI is InChI=1S/C28H51NO6/c1-3-5-6-7-8-9-10-11-12-13-14-15-16-17-18-19-22(20-24-23(4-2)28(33)35-24)26(27(31)32)34-21-25(29)30/h22-24,26H,3-21H2,1-2H3,(H2,29,30)(H,31,32)/t22-,23-,24-,26?/m0/s1. The Morgan fingerprint density at radius 2 is 1.37 bits per heavy atom. The number of unbranched alkanes of at least 4 members (excludes halogenated alkanes) is 14. The second-order valence-electron chi connectivity index (χ2n) is 10.3. The molecule has 0 saturated carbocycles. The summed E-state index contributed by atoms with van der Waals surface area (Å²) in [5.41, 5.74) is 5.15. The number of esters is 1. The van der Waals surface area contributed by atoms with Crippen LogP contribution in [0.5, 0.6) is 0 Å². The molecule has 1 aliphatic rings. The molecule has 0 radical (unpaired) electrons. The predicted molar refractivity (Wildman–Crippen MR) is 138 cm³/mol. The lowest BCUT2D eigenvalue weighted by Gasteiger charge is -2.37. The summed E-state index contributed by atoms with van der Waals surface area (Å²) in [6, 6.07) is 0. The Bertz CT molecular complexity index is 596. The van der Waals surface area contributed by atoms with E-state index in [1.165, 1.54) is 77.0 Å². The number of carboxylic acids is 1. The van der Waals surface area contributed by atoms with Crippen molar-refractivity contribution in [2.45, 2.75) is 142 Å². The molecular formula is C28H51NO6. The number of cyclic esters (lactones) is 1. The van der Waals surface area contributed by atoms with E-state index in [-0.39, 0.29) is 23.9 Å². The highest BCUT2D eigenvalue weighted by atomic mass is 16.6. The monoisotopic (exact) mass is 497 g/mol. The van der Waals surface area contributed by atoms with Gasteiger partial charge in [0.2, 0.25) is 5.91 Å². The number of amides is 1. The normalized spacial score (nSPS) is 19.1. The second-order valence-corrected chi connectivity index (χ2v) is 10.3. The van der Waals surface area contributed by atoms with Crippen LogP contribution in [0.2, 0.25) is 0 Å². The molecule has 0 aromatic carbocycles. The number of rotatable bonds is 24. The molecule has 1 aliphatic heterocycles. The lowest BCUT2D eigenvalue weighted by atomic mass is 9.82. The van der Waals surface area contributed by atoms with Crippen molar-refractivity contribution in [2.75, 3.05) is 6.61 Å². The lowest BCUT2D eigenvalue weighted by Crippen LogP contribution is -2.48. The number of aliphatic carboxylic acids is 1. The van der Waals surface area contributed by atoms with Crippen LogP contribution in [0.3, 0.4) is 0 Å². The van der Waals surface area contributed by atoms with Gasteiger partial charge in [0, 0.05) is 0 Å². The van der Waals surface area contributed by atoms with Gasteiger partial charge in [0.1, 0.15) is 12.7 Å². The summed E-state index contributed by atoms with van der Waals surface area (Å²) in [6.07, 6.45) is 19.5. The van der Waals surface area contributed by atoms with E-state index in [4.69, 9.17) is 15.2 Å². The first-order valence-electron chi connectivity index (χ1n) is 14.2. The van der Waals surface area contributed by atoms with Crippen molar-refractivity contribution in [3.8, 4) is 0 Å². The molecule has 0 aromatic heterocycles. The molecule has 1 heterocycles. The average Bonchev–Trinajstić information content (AvgIpc) is 2.80. The number of hydrogen-bond acceptors (Lipinski definition) is 5. The maximum absolute atomic E-state index is 11.8. The third-order valence-corrected chi connectivity index (χ3v) is 7.25. The van der Waals surface area contributed by atoms with E-state index in [0.29, 0.717) is 19.3 Å². The van der Waals surface area contributed by atoms with Gasteiger partial charge in [-0.25, -0.2) is 4.79 Å². The first-order chi connectivity index (χ1) is 16.9. The number of carbonyl (C=O) groups is 3. The predicted octanol–water partition coefficient (Wildman–Crippen LogP) is 6.16. The van der Waals surface area contributed by atoms with Gasteiger partial charge >= 0.3 is 11.9 Å². The Labute approximate surface area is 212 Å². The summed E-state index contributed by atoms with van der Waals surface area (Å²) in [4.78, 5) is 34.6. The van der Waals surface area contributed by atoms with Crippen LogP contribution in [0.25, 0.3) is 0 Å². The van der Waals surface area contributed by atoms with Gasteiger partial charge in [-0.05, 0) is 25.2 Å². The molecule has 4 atom stereocenters. The fourth-order valence-electron chi connectivity index (χ4n) is 5.09. The Morgan fingerprint density at radius 3 is 1.77 bits per heavy atom. The van der Waals surface area contributed by atoms with E-state index in [0.717, 1.165) is 19.3 Å². The van der Waals surface area contributed by atoms with Gasteiger partial charge in [0.15, 0.2) is 6.10 Å². The highest BCUT2D eigenvalue weighted by molar-refractivity contribution is 5.79. The maximum Gasteiger partial charge on any atom is 0.333 e. The highest BCUT2D eigenvalue weighted by Crippen LogP contribution is 2.34. The molecule has 3 N–H and O–H groups in total. The summed E-state index contributed by atoms with van der Waals surface area (Å²) < 4.78 is 10.6. The molecule has 0 spiro atoms. The van der Waals surface area contributed by atoms with E-state index in [9.17, 15) is 19.5 Å². The summed E-state index contributed by atoms with van der Waals surface area (Å²) in [5, 5.41) is 9.68. The Morgan fingerprint density at radius 1 is 0.886 bits per heavy atom. The topological polar surface area (TPSA) is 116 Å². The summed E-state index contributed by atoms with van der Waals surface area (Å²) in [7, 11) is 0. The first-order valence-corrected chi connectivity index (χ1v) is 14.2. The smallest absolute Gasteiger partial charge is 0.333 e. The Kier molecular flexibility index (Phi) is 17.5. The van der Waals surface area contributed by atoms with Crippen LogP contribution in [-0.4, -0.2) is 41.8 Å². The number of carboxylic acid groups (broad SMARTS) is 1. The number of nitrogens with two attached hydrogens (primary N) is 1. The summed E-state index contributed by atoms with van der Waals surface area (Å²) in [6.45, 7) is 3.76. The zero-order chi connectivity index (χ0) is 25.9. The molecule has 0 bridgehead atoms. The van der Waals surface area contributed by atoms with Crippen LogP contribution < -0.4 is 5.73 Å². The van der Waals surface area contributed by atoms with Gasteiger partial charge in [-0.1, -0.05) is 110 Å². The van der Waals surface area contributed by atoms with Crippen molar-refractivity contribution >= 4 is 17.8 Å². The largest absolute Gasteiger partial charge is 0.479 e. The number of primary amides is 1. The van der Waals surface area contributed by atoms with Gasteiger partial charge < -0.3 is 20.3 Å². The lowest BCUT2D eigenvalue weighted by molar-refractivity contribution is -0.189. The van der Waals surface area contributed by atoms with Crippen molar-refractivity contribution in [1.82, 2.24) is 0 Å². The maximum atomic E-state index is 11.8. The molecule has 7 nitrogen and oxygen atoms in total. The molecule has 1 amide bonds. The third kappa shape index (κ3) is 13.9. The quantitative estimate of drug-likeness (QED) is 0.122. The van der Waals surface area contributed by atoms with Crippen LogP contribution in [0.4, 0.5) is 0 Å². The number of hydrogen-bond donors (Lipinski definition) is 2. The minimum absolute atomic E-state index is 0.177. The molecule has 35 heavy (non-hydrogen) atoms. The number of carbonyl (C=O) groups excluding carboxylic acids is 2. The second kappa shape index (κ2) is 19.5. The highest BCUT2D eigenvalue weighted by Gasteiger charge is 2.44. The molecule has 1 fully saturated rings. The first kappa shape index (κ1) is 31.4. The van der Waals surface area contributed by atoms with Gasteiger partial charge in [0.05, 0.1) is 5.92 Å². The molecule has 1 rings (SSSR count). The van der Waals surface area contributed by atoms with Crippen LogP contribution in [-0.2, 0) is 23.9 Å². The minimum atomic E-state index is -1.12. The van der Waals surface area contributed by atoms with E-state index >= 15 is 0 Å². The molecule has 1 unspecified atom stereocenters. The summed E-state index contributed by atoms with van der Waals surface area (Å²) >= 11 is 0. The van der Waals surface area contributed by atoms with Crippen LogP contribution in [0, 0.1) is 11.8 Å². The molecule has 1 saturated heterocycles. The van der Waals surface area contributed by atoms with Crippen molar-refractivity contribution in [3.05, 3.63) is 0 Å². The average molecular weight is 498 g/mol. The van der Waals surface area contributed by atoms with Crippen LogP contribution >= 0.6 is 0 Å². The van der Waals surface area contributed by atoms with E-state index < -0.39 is 24.6 Å². The Balaban J connectivity index is 2.24. The van der Waals surface area contributed by atoms with Crippen LogP contribution in [0.15, 0.2) is 0 Å². The molecular weight excluding hydrogens is 446 g/mol. The van der Waals surface area contributed by atoms with Crippen molar-refractivity contribution in [2.24, 2.45) is 17.6 Å². The number of ether oxygens (including phenoxy) is 2. The van der Waals surface area contributed by atoms with Gasteiger partial charge in [-0.2, -0.15) is 0 Å².